The lowest BCUT2D eigenvalue weighted by atomic mass is 10.4. The van der Waals surface area contributed by atoms with Crippen LogP contribution in [0.3, 0.4) is 0 Å². The van der Waals surface area contributed by atoms with Crippen molar-refractivity contribution >= 4 is 27.7 Å². The van der Waals surface area contributed by atoms with Crippen molar-refractivity contribution in [2.24, 2.45) is 0 Å². The second-order valence-corrected chi connectivity index (χ2v) is 3.26. The van der Waals surface area contributed by atoms with E-state index in [0.29, 0.717) is 0 Å². The van der Waals surface area contributed by atoms with E-state index in [1.165, 1.54) is 4.90 Å². The van der Waals surface area contributed by atoms with Gasteiger partial charge in [-0.2, -0.15) is 0 Å². The minimum atomic E-state index is 1.12. The summed E-state index contributed by atoms with van der Waals surface area (Å²) in [5.74, 6) is 0. The van der Waals surface area contributed by atoms with Crippen molar-refractivity contribution in [1.29, 1.82) is 0 Å². The third kappa shape index (κ3) is 1.73. The van der Waals surface area contributed by atoms with Gasteiger partial charge in [0, 0.05) is 9.37 Å². The van der Waals surface area contributed by atoms with Crippen LogP contribution >= 0.6 is 27.7 Å². The normalized spacial score (nSPS) is 9.56. The summed E-state index contributed by atoms with van der Waals surface area (Å²) in [7, 11) is 0. The molecule has 0 aromatic heterocycles. The molecular weight excluding hydrogens is 196 g/mol. The Hall–Kier alpha value is 0.0500. The first-order valence-electron chi connectivity index (χ1n) is 2.54. The van der Waals surface area contributed by atoms with Crippen LogP contribution in [-0.4, -0.2) is 6.26 Å². The van der Waals surface area contributed by atoms with E-state index in [-0.39, 0.29) is 0 Å². The summed E-state index contributed by atoms with van der Waals surface area (Å²) >= 11 is 5.13. The van der Waals surface area contributed by atoms with Crippen molar-refractivity contribution in [3.63, 3.8) is 0 Å². The van der Waals surface area contributed by atoms with Crippen LogP contribution in [0.15, 0.2) is 27.6 Å². The Kier molecular flexibility index (Phi) is 2.61. The minimum Gasteiger partial charge on any atom is -0.128 e. The third-order valence-corrected chi connectivity index (χ3v) is 2.71. The summed E-state index contributed by atoms with van der Waals surface area (Å²) in [6, 6.07) is 8.85. The van der Waals surface area contributed by atoms with Crippen LogP contribution in [0.2, 0.25) is 0 Å². The quantitative estimate of drug-likeness (QED) is 0.631. The molecule has 0 aliphatic rings. The van der Waals surface area contributed by atoms with Gasteiger partial charge in [0.2, 0.25) is 0 Å². The van der Waals surface area contributed by atoms with Crippen LogP contribution in [0.1, 0.15) is 0 Å². The summed E-state index contributed by atoms with van der Waals surface area (Å²) in [6.07, 6.45) is 2.06. The number of hydrogen-bond acceptors (Lipinski definition) is 1. The molecule has 0 amide bonds. The molecule has 0 saturated heterocycles. The highest BCUT2D eigenvalue weighted by atomic mass is 79.9. The Bertz CT molecular complexity index is 198. The van der Waals surface area contributed by atoms with E-state index in [4.69, 9.17) is 0 Å². The highest BCUT2D eigenvalue weighted by molar-refractivity contribution is 9.10. The first-order valence-corrected chi connectivity index (χ1v) is 4.56. The first-order chi connectivity index (χ1) is 4.34. The van der Waals surface area contributed by atoms with Gasteiger partial charge in [0.1, 0.15) is 0 Å². The van der Waals surface area contributed by atoms with Crippen molar-refractivity contribution in [3.8, 4) is 0 Å². The Morgan fingerprint density at radius 1 is 1.67 bits per heavy atom. The predicted molar refractivity (Wildman–Crippen MR) is 44.8 cm³/mol. The highest BCUT2D eigenvalue weighted by Gasteiger charge is 1.92. The van der Waals surface area contributed by atoms with Gasteiger partial charge in [0.15, 0.2) is 0 Å². The predicted octanol–water partition coefficient (Wildman–Crippen LogP) is 2.97. The van der Waals surface area contributed by atoms with E-state index in [9.17, 15) is 0 Å². The molecule has 0 N–H and O–H groups in total. The fraction of sp³-hybridized carbons (Fsp3) is 0.143. The molecule has 2 heteroatoms. The van der Waals surface area contributed by atoms with Gasteiger partial charge in [0.05, 0.1) is 0 Å². The van der Waals surface area contributed by atoms with E-state index in [1.54, 1.807) is 11.8 Å². The molecule has 0 fully saturated rings. The lowest BCUT2D eigenvalue weighted by molar-refractivity contribution is 1.41. The number of rotatable bonds is 1. The molecule has 1 aromatic carbocycles. The zero-order valence-electron chi connectivity index (χ0n) is 5.02. The second-order valence-electron chi connectivity index (χ2n) is 1.56. The lowest BCUT2D eigenvalue weighted by Crippen LogP contribution is -1.69. The van der Waals surface area contributed by atoms with E-state index < -0.39 is 0 Å². The fourth-order valence-electron chi connectivity index (χ4n) is 0.561. The molecule has 0 saturated carbocycles. The number of thioether (sulfide) groups is 1. The van der Waals surface area contributed by atoms with Crippen LogP contribution in [0.4, 0.5) is 0 Å². The van der Waals surface area contributed by atoms with Gasteiger partial charge in [-0.25, -0.2) is 0 Å². The van der Waals surface area contributed by atoms with E-state index in [2.05, 4.69) is 28.3 Å². The van der Waals surface area contributed by atoms with Crippen LogP contribution in [0.25, 0.3) is 0 Å². The summed E-state index contributed by atoms with van der Waals surface area (Å²) in [6.45, 7) is 0. The molecule has 0 heterocycles. The molecule has 9 heavy (non-hydrogen) atoms. The summed E-state index contributed by atoms with van der Waals surface area (Å²) in [4.78, 5) is 1.26. The van der Waals surface area contributed by atoms with Gasteiger partial charge in [-0.15, -0.1) is 11.8 Å². The number of halogens is 1. The summed E-state index contributed by atoms with van der Waals surface area (Å²) in [5.41, 5.74) is 0. The second kappa shape index (κ2) is 3.28. The molecule has 0 unspecified atom stereocenters. The molecule has 47 valence electrons. The lowest BCUT2D eigenvalue weighted by Gasteiger charge is -1.95. The van der Waals surface area contributed by atoms with Crippen molar-refractivity contribution in [3.05, 3.63) is 28.7 Å². The van der Waals surface area contributed by atoms with Gasteiger partial charge in [-0.1, -0.05) is 6.07 Å². The fourth-order valence-corrected chi connectivity index (χ4v) is 1.77. The monoisotopic (exact) mass is 201 g/mol. The standard InChI is InChI=1S/C7H6BrS/c1-9-7-5-3-2-4-6(7)8/h3-5H,1H3. The number of hydrogen-bond donors (Lipinski definition) is 0. The maximum absolute atomic E-state index is 3.40. The van der Waals surface area contributed by atoms with Crippen LogP contribution in [0, 0.1) is 6.07 Å². The minimum absolute atomic E-state index is 1.12. The molecule has 0 aliphatic heterocycles. The smallest absolute Gasteiger partial charge is 0.0317 e. The molecular formula is C7H6BrS. The van der Waals surface area contributed by atoms with Crippen LogP contribution < -0.4 is 0 Å². The largest absolute Gasteiger partial charge is 0.128 e. The van der Waals surface area contributed by atoms with Crippen LogP contribution in [0.5, 0.6) is 0 Å². The van der Waals surface area contributed by atoms with Crippen LogP contribution in [-0.2, 0) is 0 Å². The molecule has 1 aromatic rings. The van der Waals surface area contributed by atoms with E-state index in [1.807, 2.05) is 18.2 Å². The molecule has 1 rings (SSSR count). The Labute approximate surface area is 67.8 Å². The zero-order valence-corrected chi connectivity index (χ0v) is 7.42. The van der Waals surface area contributed by atoms with Crippen molar-refractivity contribution in [2.45, 2.75) is 4.90 Å². The molecule has 0 aliphatic carbocycles. The molecule has 0 spiro atoms. The Balaban J connectivity index is 3.01. The van der Waals surface area contributed by atoms with E-state index in [0.717, 1.165) is 4.47 Å². The average Bonchev–Trinajstić information content (AvgIpc) is 1.89. The Morgan fingerprint density at radius 2 is 2.44 bits per heavy atom. The topological polar surface area (TPSA) is 0 Å². The highest BCUT2D eigenvalue weighted by Crippen LogP contribution is 2.23. The molecule has 0 atom stereocenters. The maximum Gasteiger partial charge on any atom is 0.0317 e. The van der Waals surface area contributed by atoms with E-state index >= 15 is 0 Å². The van der Waals surface area contributed by atoms with Gasteiger partial charge in [-0.3, -0.25) is 0 Å². The van der Waals surface area contributed by atoms with Gasteiger partial charge in [0.25, 0.3) is 0 Å². The molecule has 0 bridgehead atoms. The van der Waals surface area contributed by atoms with Crippen molar-refractivity contribution < 1.29 is 0 Å². The first kappa shape index (κ1) is 7.16. The average molecular weight is 202 g/mol. The summed E-state index contributed by atoms with van der Waals surface area (Å²) < 4.78 is 1.12. The zero-order chi connectivity index (χ0) is 6.69. The van der Waals surface area contributed by atoms with Gasteiger partial charge < -0.3 is 0 Å². The number of benzene rings is 1. The Morgan fingerprint density at radius 3 is 2.89 bits per heavy atom. The maximum atomic E-state index is 3.40. The van der Waals surface area contributed by atoms with Crippen molar-refractivity contribution in [1.82, 2.24) is 0 Å². The SMILES string of the molecule is CSc1cc[c]cc1Br. The van der Waals surface area contributed by atoms with Gasteiger partial charge >= 0.3 is 0 Å². The van der Waals surface area contributed by atoms with Gasteiger partial charge in [-0.05, 0) is 40.4 Å². The molecule has 1 radical (unpaired) electrons. The summed E-state index contributed by atoms with van der Waals surface area (Å²) in [5, 5.41) is 0. The third-order valence-electron chi connectivity index (χ3n) is 0.996. The molecule has 0 nitrogen and oxygen atoms in total. The van der Waals surface area contributed by atoms with Crippen molar-refractivity contribution in [2.75, 3.05) is 6.26 Å².